The van der Waals surface area contributed by atoms with E-state index in [-0.39, 0.29) is 22.6 Å². The van der Waals surface area contributed by atoms with Crippen LogP contribution in [0.3, 0.4) is 0 Å². The molecule has 0 atom stereocenters. The van der Waals surface area contributed by atoms with Crippen molar-refractivity contribution in [2.45, 2.75) is 6.92 Å². The zero-order valence-corrected chi connectivity index (χ0v) is 13.2. The predicted octanol–water partition coefficient (Wildman–Crippen LogP) is 1.68. The summed E-state index contributed by atoms with van der Waals surface area (Å²) in [6, 6.07) is 1.98. The minimum absolute atomic E-state index is 0.00516. The monoisotopic (exact) mass is 373 g/mol. The molecule has 8 nitrogen and oxygen atoms in total. The first-order chi connectivity index (χ1) is 10.3. The van der Waals surface area contributed by atoms with Crippen LogP contribution in [0.1, 0.15) is 17.5 Å². The fourth-order valence-corrected chi connectivity index (χ4v) is 2.15. The first-order valence-corrected chi connectivity index (χ1v) is 6.90. The maximum absolute atomic E-state index is 13.5. The number of aryl methyl sites for hydroxylation is 1. The summed E-state index contributed by atoms with van der Waals surface area (Å²) in [6.07, 6.45) is 1.36. The van der Waals surface area contributed by atoms with Gasteiger partial charge in [-0.3, -0.25) is 10.1 Å². The number of esters is 1. The minimum Gasteiger partial charge on any atom is -0.458 e. The average molecular weight is 374 g/mol. The fourth-order valence-electron chi connectivity index (χ4n) is 1.82. The van der Waals surface area contributed by atoms with Gasteiger partial charge in [-0.1, -0.05) is 0 Å². The Labute approximate surface area is 132 Å². The highest BCUT2D eigenvalue weighted by molar-refractivity contribution is 9.10. The lowest BCUT2D eigenvalue weighted by molar-refractivity contribution is -0.604. The van der Waals surface area contributed by atoms with Crippen LogP contribution >= 0.6 is 15.9 Å². The lowest BCUT2D eigenvalue weighted by atomic mass is 10.2. The number of benzene rings is 1. The van der Waals surface area contributed by atoms with Gasteiger partial charge in [0.1, 0.15) is 5.82 Å². The van der Waals surface area contributed by atoms with Crippen molar-refractivity contribution in [2.24, 2.45) is 7.05 Å². The van der Waals surface area contributed by atoms with Crippen LogP contribution in [0.2, 0.25) is 0 Å². The Morgan fingerprint density at radius 1 is 1.59 bits per heavy atom. The summed E-state index contributed by atoms with van der Waals surface area (Å²) < 4.78 is 20.9. The van der Waals surface area contributed by atoms with E-state index in [1.165, 1.54) is 21.6 Å². The SMILES string of the molecule is CCOC(=O)c1nn(C)c[n+]1-c1cc(Br)c(F)cc1[N+](=O)[O-]. The first-order valence-electron chi connectivity index (χ1n) is 6.11. The normalized spacial score (nSPS) is 10.5. The fraction of sp³-hybridized carbons (Fsp3) is 0.250. The molecular formula is C12H11BrFN4O4+. The lowest BCUT2D eigenvalue weighted by Gasteiger charge is -2.03. The molecule has 0 unspecified atom stereocenters. The van der Waals surface area contributed by atoms with Gasteiger partial charge in [-0.15, -0.1) is 4.68 Å². The molecule has 0 radical (unpaired) electrons. The van der Waals surface area contributed by atoms with Crippen molar-refractivity contribution in [1.29, 1.82) is 0 Å². The van der Waals surface area contributed by atoms with Crippen LogP contribution in [0.5, 0.6) is 0 Å². The van der Waals surface area contributed by atoms with Gasteiger partial charge in [-0.05, 0) is 22.9 Å². The van der Waals surface area contributed by atoms with Gasteiger partial charge in [0.25, 0.3) is 0 Å². The highest BCUT2D eigenvalue weighted by atomic mass is 79.9. The van der Waals surface area contributed by atoms with Crippen molar-refractivity contribution in [3.63, 3.8) is 0 Å². The second-order valence-electron chi connectivity index (χ2n) is 4.22. The minimum atomic E-state index is -0.780. The molecule has 22 heavy (non-hydrogen) atoms. The maximum Gasteiger partial charge on any atom is 0.412 e. The van der Waals surface area contributed by atoms with Gasteiger partial charge in [-0.25, -0.2) is 9.18 Å². The molecule has 0 fully saturated rings. The Balaban J connectivity index is 2.69. The Morgan fingerprint density at radius 2 is 2.27 bits per heavy atom. The highest BCUT2D eigenvalue weighted by Gasteiger charge is 2.31. The molecule has 0 amide bonds. The smallest absolute Gasteiger partial charge is 0.412 e. The molecule has 0 aliphatic heterocycles. The number of halogens is 2. The van der Waals surface area contributed by atoms with Crippen LogP contribution in [0.4, 0.5) is 10.1 Å². The number of rotatable bonds is 4. The third-order valence-electron chi connectivity index (χ3n) is 2.69. The van der Waals surface area contributed by atoms with E-state index in [0.717, 1.165) is 6.07 Å². The molecule has 0 aliphatic carbocycles. The third kappa shape index (κ3) is 2.96. The summed E-state index contributed by atoms with van der Waals surface area (Å²) in [5, 5.41) is 15.1. The third-order valence-corrected chi connectivity index (χ3v) is 3.30. The van der Waals surface area contributed by atoms with Gasteiger partial charge in [0.05, 0.1) is 34.2 Å². The van der Waals surface area contributed by atoms with Crippen LogP contribution in [-0.4, -0.2) is 27.3 Å². The molecule has 1 aromatic carbocycles. The van der Waals surface area contributed by atoms with Crippen molar-refractivity contribution in [3.05, 3.63) is 44.7 Å². The zero-order chi connectivity index (χ0) is 16.4. The largest absolute Gasteiger partial charge is 0.458 e. The summed E-state index contributed by atoms with van der Waals surface area (Å²) in [6.45, 7) is 1.76. The number of ether oxygens (including phenoxy) is 1. The summed E-state index contributed by atoms with van der Waals surface area (Å²) in [7, 11) is 1.55. The molecular weight excluding hydrogens is 363 g/mol. The summed E-state index contributed by atoms with van der Waals surface area (Å²) in [5.41, 5.74) is -0.501. The van der Waals surface area contributed by atoms with E-state index in [2.05, 4.69) is 21.0 Å². The van der Waals surface area contributed by atoms with Crippen molar-refractivity contribution >= 4 is 27.6 Å². The number of nitro benzene ring substituents is 1. The Bertz CT molecular complexity index is 762. The molecule has 1 heterocycles. The van der Waals surface area contributed by atoms with Crippen molar-refractivity contribution in [3.8, 4) is 5.69 Å². The molecule has 0 spiro atoms. The quantitative estimate of drug-likeness (QED) is 0.352. The highest BCUT2D eigenvalue weighted by Crippen LogP contribution is 2.26. The summed E-state index contributed by atoms with van der Waals surface area (Å²) in [4.78, 5) is 22.3. The van der Waals surface area contributed by atoms with Crippen LogP contribution < -0.4 is 4.57 Å². The van der Waals surface area contributed by atoms with Crippen LogP contribution in [-0.2, 0) is 11.8 Å². The van der Waals surface area contributed by atoms with Gasteiger partial charge in [0.15, 0.2) is 5.69 Å². The first kappa shape index (κ1) is 16.0. The number of nitro groups is 1. The Hall–Kier alpha value is -2.36. The van der Waals surface area contributed by atoms with Gasteiger partial charge in [0, 0.05) is 6.07 Å². The van der Waals surface area contributed by atoms with E-state index < -0.39 is 22.4 Å². The lowest BCUT2D eigenvalue weighted by Crippen LogP contribution is -2.37. The van der Waals surface area contributed by atoms with Crippen LogP contribution in [0.25, 0.3) is 5.69 Å². The van der Waals surface area contributed by atoms with E-state index in [0.29, 0.717) is 0 Å². The second-order valence-corrected chi connectivity index (χ2v) is 5.07. The van der Waals surface area contributed by atoms with Gasteiger partial charge >= 0.3 is 17.5 Å². The number of hydrogen-bond acceptors (Lipinski definition) is 5. The van der Waals surface area contributed by atoms with Crippen LogP contribution in [0.15, 0.2) is 22.9 Å². The van der Waals surface area contributed by atoms with E-state index in [1.807, 2.05) is 0 Å². The van der Waals surface area contributed by atoms with Gasteiger partial charge in [0.2, 0.25) is 6.33 Å². The molecule has 2 aromatic rings. The molecule has 2 rings (SSSR count). The standard InChI is InChI=1S/C12H11BrFN4O4/c1-3-22-12(19)11-15-16(2)6-17(11)9-4-7(13)8(14)5-10(9)18(20)21/h4-6H,3H2,1-2H3/q+1. The van der Waals surface area contributed by atoms with E-state index >= 15 is 0 Å². The van der Waals surface area contributed by atoms with E-state index in [4.69, 9.17) is 4.74 Å². The topological polar surface area (TPSA) is 91.1 Å². The van der Waals surface area contributed by atoms with Gasteiger partial charge in [-0.2, -0.15) is 4.57 Å². The Morgan fingerprint density at radius 3 is 2.86 bits per heavy atom. The predicted molar refractivity (Wildman–Crippen MR) is 75.0 cm³/mol. The van der Waals surface area contributed by atoms with Gasteiger partial charge < -0.3 is 4.74 Å². The number of hydrogen-bond donors (Lipinski definition) is 0. The number of carbonyl (C=O) groups excluding carboxylic acids is 1. The van der Waals surface area contributed by atoms with Crippen molar-refractivity contribution in [2.75, 3.05) is 6.61 Å². The van der Waals surface area contributed by atoms with Crippen LogP contribution in [0, 0.1) is 15.9 Å². The molecule has 0 N–H and O–H groups in total. The van der Waals surface area contributed by atoms with E-state index in [1.54, 1.807) is 14.0 Å². The molecule has 1 aromatic heterocycles. The van der Waals surface area contributed by atoms with E-state index in [9.17, 15) is 19.3 Å². The molecule has 0 saturated heterocycles. The summed E-state index contributed by atoms with van der Waals surface area (Å²) in [5.74, 6) is -1.67. The molecule has 0 bridgehead atoms. The zero-order valence-electron chi connectivity index (χ0n) is 11.6. The molecule has 0 saturated carbocycles. The molecule has 10 heteroatoms. The molecule has 116 valence electrons. The second kappa shape index (κ2) is 6.18. The molecule has 0 aliphatic rings. The number of aromatic nitrogens is 3. The number of nitrogens with zero attached hydrogens (tertiary/aromatic N) is 4. The van der Waals surface area contributed by atoms with Crippen molar-refractivity contribution in [1.82, 2.24) is 9.78 Å². The summed E-state index contributed by atoms with van der Waals surface area (Å²) >= 11 is 2.97. The Kier molecular flexibility index (Phi) is 4.50. The average Bonchev–Trinajstić information content (AvgIpc) is 2.83. The maximum atomic E-state index is 13.5. The van der Waals surface area contributed by atoms with Crippen molar-refractivity contribution < 1.29 is 23.4 Å². The number of carbonyl (C=O) groups is 1.